The van der Waals surface area contributed by atoms with Crippen LogP contribution in [0.1, 0.15) is 22.3 Å². The van der Waals surface area contributed by atoms with Crippen molar-refractivity contribution >= 4 is 12.2 Å². The first kappa shape index (κ1) is 16.7. The van der Waals surface area contributed by atoms with E-state index in [1.165, 1.54) is 6.34 Å². The smallest absolute Gasteiger partial charge is 0.173 e. The Kier molecular flexibility index (Phi) is 4.90. The lowest BCUT2D eigenvalue weighted by atomic mass is 9.98. The van der Waals surface area contributed by atoms with Gasteiger partial charge in [0, 0.05) is 19.7 Å². The lowest BCUT2D eigenvalue weighted by Crippen LogP contribution is -2.08. The summed E-state index contributed by atoms with van der Waals surface area (Å²) < 4.78 is 0. The van der Waals surface area contributed by atoms with Gasteiger partial charge in [-0.15, -0.1) is 0 Å². The highest BCUT2D eigenvalue weighted by Crippen LogP contribution is 2.31. The van der Waals surface area contributed by atoms with Crippen LogP contribution < -0.4 is 0 Å². The van der Waals surface area contributed by atoms with Crippen molar-refractivity contribution in [3.63, 3.8) is 0 Å². The molecule has 0 radical (unpaired) electrons. The van der Waals surface area contributed by atoms with Gasteiger partial charge >= 0.3 is 0 Å². The van der Waals surface area contributed by atoms with Crippen LogP contribution in [0.15, 0.2) is 29.3 Å². The number of nitriles is 3. The molecule has 0 atom stereocenters. The van der Waals surface area contributed by atoms with Crippen molar-refractivity contribution < 1.29 is 0 Å². The number of rotatable bonds is 3. The first-order valence-corrected chi connectivity index (χ1v) is 7.07. The van der Waals surface area contributed by atoms with Gasteiger partial charge in [-0.25, -0.2) is 9.98 Å². The van der Waals surface area contributed by atoms with Crippen molar-refractivity contribution in [2.45, 2.75) is 6.92 Å². The molecule has 0 unspecified atom stereocenters. The van der Waals surface area contributed by atoms with Crippen molar-refractivity contribution in [2.75, 3.05) is 14.1 Å². The van der Waals surface area contributed by atoms with Crippen LogP contribution in [-0.4, -0.2) is 30.3 Å². The molecule has 6 heteroatoms. The van der Waals surface area contributed by atoms with Crippen LogP contribution in [0.3, 0.4) is 0 Å². The molecule has 24 heavy (non-hydrogen) atoms. The van der Waals surface area contributed by atoms with E-state index in [-0.39, 0.29) is 22.5 Å². The zero-order valence-corrected chi connectivity index (χ0v) is 13.6. The molecule has 0 aliphatic rings. The van der Waals surface area contributed by atoms with Gasteiger partial charge < -0.3 is 4.90 Å². The largest absolute Gasteiger partial charge is 0.369 e. The van der Waals surface area contributed by atoms with Crippen LogP contribution in [-0.2, 0) is 0 Å². The number of benzene rings is 1. The third-order valence-electron chi connectivity index (χ3n) is 3.25. The minimum Gasteiger partial charge on any atom is -0.369 e. The average Bonchev–Trinajstić information content (AvgIpc) is 2.58. The molecule has 116 valence electrons. The van der Waals surface area contributed by atoms with Gasteiger partial charge in [-0.05, 0) is 6.92 Å². The predicted octanol–water partition coefficient (Wildman–Crippen LogP) is 2.89. The Hall–Kier alpha value is -3.69. The summed E-state index contributed by atoms with van der Waals surface area (Å²) in [6.45, 7) is 1.95. The van der Waals surface area contributed by atoms with E-state index in [1.807, 2.05) is 49.4 Å². The summed E-state index contributed by atoms with van der Waals surface area (Å²) in [6.07, 6.45) is 1.50. The highest BCUT2D eigenvalue weighted by atomic mass is 15.1. The van der Waals surface area contributed by atoms with Crippen LogP contribution in [0.4, 0.5) is 5.82 Å². The lowest BCUT2D eigenvalue weighted by molar-refractivity contribution is 0.643. The van der Waals surface area contributed by atoms with E-state index in [9.17, 15) is 15.8 Å². The van der Waals surface area contributed by atoms with Crippen molar-refractivity contribution in [2.24, 2.45) is 4.99 Å². The number of pyridine rings is 1. The van der Waals surface area contributed by atoms with E-state index in [0.29, 0.717) is 11.3 Å². The van der Waals surface area contributed by atoms with Crippen LogP contribution >= 0.6 is 0 Å². The van der Waals surface area contributed by atoms with Gasteiger partial charge in [-0.1, -0.05) is 29.8 Å². The summed E-state index contributed by atoms with van der Waals surface area (Å²) in [5.41, 5.74) is 2.19. The molecule has 0 amide bonds. The molecule has 0 spiro atoms. The minimum absolute atomic E-state index is 0.00279. The van der Waals surface area contributed by atoms with Crippen molar-refractivity contribution in [3.8, 4) is 29.5 Å². The fourth-order valence-corrected chi connectivity index (χ4v) is 2.08. The quantitative estimate of drug-likeness (QED) is 0.640. The fourth-order valence-electron chi connectivity index (χ4n) is 2.08. The third-order valence-corrected chi connectivity index (χ3v) is 3.25. The molecule has 2 aromatic rings. The molecule has 0 bridgehead atoms. The van der Waals surface area contributed by atoms with Crippen LogP contribution in [0.2, 0.25) is 0 Å². The Bertz CT molecular complexity index is 918. The fraction of sp³-hybridized carbons (Fsp3) is 0.167. The lowest BCUT2D eigenvalue weighted by Gasteiger charge is -2.10. The van der Waals surface area contributed by atoms with E-state index < -0.39 is 0 Å². The molecule has 6 nitrogen and oxygen atoms in total. The predicted molar refractivity (Wildman–Crippen MR) is 90.4 cm³/mol. The van der Waals surface area contributed by atoms with Gasteiger partial charge in [0.25, 0.3) is 0 Å². The summed E-state index contributed by atoms with van der Waals surface area (Å²) in [5, 5.41) is 28.3. The number of aromatic nitrogens is 1. The molecule has 1 aromatic carbocycles. The maximum absolute atomic E-state index is 9.48. The number of nitrogens with zero attached hydrogens (tertiary/aromatic N) is 6. The highest BCUT2D eigenvalue weighted by molar-refractivity contribution is 5.77. The number of hydrogen-bond donors (Lipinski definition) is 0. The van der Waals surface area contributed by atoms with Crippen LogP contribution in [0, 0.1) is 40.9 Å². The molecular weight excluding hydrogens is 300 g/mol. The monoisotopic (exact) mass is 314 g/mol. The summed E-state index contributed by atoms with van der Waals surface area (Å²) in [6, 6.07) is 13.3. The molecule has 0 saturated carbocycles. The second-order valence-corrected chi connectivity index (χ2v) is 5.32. The Morgan fingerprint density at radius 3 is 2.04 bits per heavy atom. The Balaban J connectivity index is 2.82. The van der Waals surface area contributed by atoms with Gasteiger partial charge in [0.1, 0.15) is 23.8 Å². The van der Waals surface area contributed by atoms with E-state index in [2.05, 4.69) is 9.98 Å². The van der Waals surface area contributed by atoms with E-state index in [0.717, 1.165) is 5.56 Å². The van der Waals surface area contributed by atoms with Gasteiger partial charge in [0.2, 0.25) is 0 Å². The molecule has 0 aliphatic carbocycles. The van der Waals surface area contributed by atoms with E-state index in [4.69, 9.17) is 0 Å². The number of aryl methyl sites for hydroxylation is 1. The summed E-state index contributed by atoms with van der Waals surface area (Å²) >= 11 is 0. The second-order valence-electron chi connectivity index (χ2n) is 5.32. The van der Waals surface area contributed by atoms with Crippen molar-refractivity contribution in [1.82, 2.24) is 9.88 Å². The Labute approximate surface area is 140 Å². The summed E-state index contributed by atoms with van der Waals surface area (Å²) in [4.78, 5) is 10.2. The average molecular weight is 314 g/mol. The first-order chi connectivity index (χ1) is 11.5. The number of hydrogen-bond acceptors (Lipinski definition) is 5. The Morgan fingerprint density at radius 1 is 0.958 bits per heavy atom. The van der Waals surface area contributed by atoms with Gasteiger partial charge in [-0.2, -0.15) is 15.8 Å². The molecule has 1 heterocycles. The third kappa shape index (κ3) is 3.21. The maximum atomic E-state index is 9.48. The zero-order chi connectivity index (χ0) is 17.7. The molecule has 1 aromatic heterocycles. The maximum Gasteiger partial charge on any atom is 0.173 e. The molecule has 2 rings (SSSR count). The topological polar surface area (TPSA) is 99.9 Å². The molecular formula is C18H14N6. The van der Waals surface area contributed by atoms with Crippen LogP contribution in [0.25, 0.3) is 11.3 Å². The molecule has 0 aliphatic heterocycles. The molecule has 0 fully saturated rings. The first-order valence-electron chi connectivity index (χ1n) is 7.07. The van der Waals surface area contributed by atoms with Crippen LogP contribution in [0.5, 0.6) is 0 Å². The van der Waals surface area contributed by atoms with E-state index in [1.54, 1.807) is 19.0 Å². The summed E-state index contributed by atoms with van der Waals surface area (Å²) in [5.74, 6) is 0.123. The molecule has 0 saturated heterocycles. The second kappa shape index (κ2) is 7.05. The van der Waals surface area contributed by atoms with Crippen molar-refractivity contribution in [1.29, 1.82) is 15.8 Å². The van der Waals surface area contributed by atoms with Gasteiger partial charge in [0.15, 0.2) is 5.82 Å². The standard InChI is InChI=1S/C18H14N6/c1-12-4-6-13(7-5-12)17-15(9-20)14(8-19)16(10-21)18(23-17)22-11-24(2)3/h4-7,11H,1-3H3. The van der Waals surface area contributed by atoms with Crippen molar-refractivity contribution in [3.05, 3.63) is 46.5 Å². The van der Waals surface area contributed by atoms with Gasteiger partial charge in [0.05, 0.1) is 23.2 Å². The molecule has 0 N–H and O–H groups in total. The number of aliphatic imine (C=N–C) groups is 1. The zero-order valence-electron chi connectivity index (χ0n) is 13.6. The van der Waals surface area contributed by atoms with E-state index >= 15 is 0 Å². The van der Waals surface area contributed by atoms with Gasteiger partial charge in [-0.3, -0.25) is 0 Å². The SMILES string of the molecule is Cc1ccc(-c2nc(N=CN(C)C)c(C#N)c(C#N)c2C#N)cc1. The highest BCUT2D eigenvalue weighted by Gasteiger charge is 2.20. The normalized spacial score (nSPS) is 10.0. The minimum atomic E-state index is -0.00326. The summed E-state index contributed by atoms with van der Waals surface area (Å²) in [7, 11) is 3.57. The Morgan fingerprint density at radius 2 is 1.54 bits per heavy atom.